The van der Waals surface area contributed by atoms with Crippen LogP contribution in [-0.4, -0.2) is 19.1 Å². The third kappa shape index (κ3) is 5.97. The van der Waals surface area contributed by atoms with Crippen LogP contribution in [0.2, 0.25) is 0 Å². The fraction of sp³-hybridized carbons (Fsp3) is 0.889. The van der Waals surface area contributed by atoms with Crippen LogP contribution in [0.15, 0.2) is 9.24 Å². The van der Waals surface area contributed by atoms with E-state index in [2.05, 4.69) is 78.8 Å². The first-order chi connectivity index (χ1) is 11.3. The summed E-state index contributed by atoms with van der Waals surface area (Å²) in [4.78, 5) is 0. The molecule has 0 N–H and O–H groups in total. The van der Waals surface area contributed by atoms with E-state index in [1.165, 1.54) is 28.6 Å². The van der Waals surface area contributed by atoms with Gasteiger partial charge >= 0.3 is 0 Å². The van der Waals surface area contributed by atoms with Crippen LogP contribution in [0.4, 0.5) is 0 Å². The van der Waals surface area contributed by atoms with Gasteiger partial charge in [0.15, 0.2) is 5.03 Å². The highest BCUT2D eigenvalue weighted by Gasteiger charge is 2.38. The summed E-state index contributed by atoms with van der Waals surface area (Å²) in [6.45, 7) is 23.3. The molecule has 0 aliphatic rings. The molecule has 0 bridgehead atoms. The lowest BCUT2D eigenvalue weighted by Crippen LogP contribution is -2.34. The first kappa shape index (κ1) is 24.0. The van der Waals surface area contributed by atoms with E-state index in [1.807, 2.05) is 32.4 Å². The highest BCUT2D eigenvalue weighted by Crippen LogP contribution is 2.56. The zero-order valence-corrected chi connectivity index (χ0v) is 21.4. The van der Waals surface area contributed by atoms with Crippen molar-refractivity contribution in [2.45, 2.75) is 101 Å². The number of aromatic nitrogens is 2. The largest absolute Gasteiger partial charge is 0.156 e. The Morgan fingerprint density at radius 1 is 0.760 bits per heavy atom. The molecule has 0 aliphatic heterocycles. The minimum absolute atomic E-state index is 0.175. The molecule has 0 spiro atoms. The molecule has 0 aliphatic carbocycles. The van der Waals surface area contributed by atoms with Gasteiger partial charge in [-0.2, -0.15) is 0 Å². The highest BCUT2D eigenvalue weighted by atomic mass is 33.1. The van der Waals surface area contributed by atoms with Crippen LogP contribution in [0.5, 0.6) is 0 Å². The van der Waals surface area contributed by atoms with Crippen molar-refractivity contribution >= 4 is 54.7 Å². The number of rotatable bonds is 10. The van der Waals surface area contributed by atoms with Crippen LogP contribution in [0.1, 0.15) is 82.1 Å². The van der Waals surface area contributed by atoms with Crippen molar-refractivity contribution < 1.29 is 0 Å². The first-order valence-corrected chi connectivity index (χ1v) is 13.9. The van der Waals surface area contributed by atoms with E-state index in [0.717, 1.165) is 5.03 Å². The summed E-state index contributed by atoms with van der Waals surface area (Å²) in [6.07, 6.45) is 2.34. The smallest absolute Gasteiger partial charge is 0.129 e. The lowest BCUT2D eigenvalue weighted by atomic mass is 9.78. The van der Waals surface area contributed by atoms with E-state index >= 15 is 0 Å². The molecular weight excluding hydrogens is 405 g/mol. The Morgan fingerprint density at radius 3 is 1.64 bits per heavy atom. The fourth-order valence-electron chi connectivity index (χ4n) is 1.64. The summed E-state index contributed by atoms with van der Waals surface area (Å²) < 4.78 is 5.81. The minimum Gasteiger partial charge on any atom is -0.129 e. The van der Waals surface area contributed by atoms with Gasteiger partial charge in [-0.3, -0.25) is 0 Å². The molecule has 7 heteroatoms. The van der Waals surface area contributed by atoms with Crippen molar-refractivity contribution in [2.24, 2.45) is 10.8 Å². The van der Waals surface area contributed by atoms with Crippen LogP contribution in [0.25, 0.3) is 0 Å². The molecule has 146 valence electrons. The van der Waals surface area contributed by atoms with E-state index < -0.39 is 0 Å². The van der Waals surface area contributed by atoms with E-state index in [-0.39, 0.29) is 20.3 Å². The van der Waals surface area contributed by atoms with Crippen LogP contribution in [0.3, 0.4) is 0 Å². The topological polar surface area (TPSA) is 25.8 Å². The van der Waals surface area contributed by atoms with Gasteiger partial charge in [0.1, 0.15) is 4.21 Å². The second-order valence-electron chi connectivity index (χ2n) is 8.69. The first-order valence-electron chi connectivity index (χ1n) is 8.83. The van der Waals surface area contributed by atoms with Gasteiger partial charge in [-0.05, 0) is 84.5 Å². The molecule has 2 nitrogen and oxygen atoms in total. The molecule has 1 rings (SSSR count). The zero-order chi connectivity index (χ0) is 19.5. The van der Waals surface area contributed by atoms with Crippen molar-refractivity contribution in [3.63, 3.8) is 0 Å². The Bertz CT molecular complexity index is 503. The highest BCUT2D eigenvalue weighted by molar-refractivity contribution is 8.78. The van der Waals surface area contributed by atoms with Gasteiger partial charge in [0, 0.05) is 9.49 Å². The molecule has 1 aromatic rings. The molecule has 0 saturated carbocycles. The van der Waals surface area contributed by atoms with Crippen molar-refractivity contribution in [3.8, 4) is 0 Å². The molecule has 0 unspecified atom stereocenters. The molecular formula is C18H34N2S5. The Balaban J connectivity index is 2.75. The van der Waals surface area contributed by atoms with Crippen LogP contribution < -0.4 is 0 Å². The van der Waals surface area contributed by atoms with Crippen LogP contribution in [-0.2, 0) is 0 Å². The molecule has 0 fully saturated rings. The van der Waals surface area contributed by atoms with Gasteiger partial charge in [0.25, 0.3) is 0 Å². The average Bonchev–Trinajstić information content (AvgIpc) is 2.98. The lowest BCUT2D eigenvalue weighted by Gasteiger charge is -2.40. The van der Waals surface area contributed by atoms with E-state index in [9.17, 15) is 0 Å². The number of hydrogen-bond donors (Lipinski definition) is 0. The molecule has 1 heterocycles. The minimum atomic E-state index is 0.175. The van der Waals surface area contributed by atoms with Gasteiger partial charge < -0.3 is 0 Å². The number of hydrogen-bond acceptors (Lipinski definition) is 7. The van der Waals surface area contributed by atoms with Gasteiger partial charge in [-0.1, -0.05) is 67.6 Å². The van der Waals surface area contributed by atoms with Crippen LogP contribution in [0, 0.1) is 10.8 Å². The third-order valence-electron chi connectivity index (χ3n) is 6.11. The second kappa shape index (κ2) is 8.97. The summed E-state index contributed by atoms with van der Waals surface area (Å²) in [6, 6.07) is 0. The molecule has 0 atom stereocenters. The van der Waals surface area contributed by atoms with Crippen molar-refractivity contribution in [2.75, 3.05) is 0 Å². The predicted octanol–water partition coefficient (Wildman–Crippen LogP) is 8.45. The lowest BCUT2D eigenvalue weighted by molar-refractivity contribution is 0.274. The Labute approximate surface area is 175 Å². The van der Waals surface area contributed by atoms with Gasteiger partial charge in [0.2, 0.25) is 0 Å². The summed E-state index contributed by atoms with van der Waals surface area (Å²) in [5.41, 5.74) is 0.571. The monoisotopic (exact) mass is 438 g/mol. The van der Waals surface area contributed by atoms with Gasteiger partial charge in [-0.25, -0.2) is 0 Å². The normalized spacial score (nSPS) is 14.2. The SMILES string of the molecule is CCC(C)(C)C(C)(C)SSc1nnsc1SSC(C)(C)C(C)(C)CC. The molecule has 25 heavy (non-hydrogen) atoms. The molecule has 1 aromatic heterocycles. The van der Waals surface area contributed by atoms with E-state index in [1.54, 1.807) is 10.8 Å². The van der Waals surface area contributed by atoms with E-state index in [4.69, 9.17) is 0 Å². The summed E-state index contributed by atoms with van der Waals surface area (Å²) in [5.74, 6) is 0. The summed E-state index contributed by atoms with van der Waals surface area (Å²) in [7, 11) is 7.50. The maximum atomic E-state index is 4.39. The third-order valence-corrected chi connectivity index (χ3v) is 14.6. The second-order valence-corrected chi connectivity index (χ2v) is 15.2. The van der Waals surface area contributed by atoms with Crippen molar-refractivity contribution in [1.82, 2.24) is 9.59 Å². The standard InChI is InChI=1S/C18H34N2S5/c1-11-15(3,4)17(7,8)24-22-13-14(21-20-19-13)23-25-18(9,10)16(5,6)12-2/h11-12H2,1-10H3. The van der Waals surface area contributed by atoms with Gasteiger partial charge in [-0.15, -0.1) is 5.10 Å². The predicted molar refractivity (Wildman–Crippen MR) is 123 cm³/mol. The Kier molecular flexibility index (Phi) is 8.61. The zero-order valence-electron chi connectivity index (χ0n) is 17.3. The molecule has 0 amide bonds. The fourth-order valence-corrected chi connectivity index (χ4v) is 8.99. The summed E-state index contributed by atoms with van der Waals surface area (Å²) >= 11 is 1.52. The molecule has 0 aromatic carbocycles. The summed E-state index contributed by atoms with van der Waals surface area (Å²) in [5, 5.41) is 5.45. The van der Waals surface area contributed by atoms with Crippen LogP contribution >= 0.6 is 54.7 Å². The Hall–Kier alpha value is 0.960. The molecule has 0 saturated heterocycles. The maximum Gasteiger partial charge on any atom is 0.156 e. The quantitative estimate of drug-likeness (QED) is 0.340. The van der Waals surface area contributed by atoms with Crippen molar-refractivity contribution in [3.05, 3.63) is 0 Å². The maximum absolute atomic E-state index is 4.39. The number of nitrogens with zero attached hydrogens (tertiary/aromatic N) is 2. The van der Waals surface area contributed by atoms with Gasteiger partial charge in [0.05, 0.1) is 0 Å². The average molecular weight is 439 g/mol. The Morgan fingerprint density at radius 2 is 1.20 bits per heavy atom. The van der Waals surface area contributed by atoms with E-state index in [0.29, 0.717) is 0 Å². The van der Waals surface area contributed by atoms with Crippen molar-refractivity contribution in [1.29, 1.82) is 0 Å². The molecule has 0 radical (unpaired) electrons.